The van der Waals surface area contributed by atoms with E-state index in [0.29, 0.717) is 17.2 Å². The van der Waals surface area contributed by atoms with E-state index in [2.05, 4.69) is 60.4 Å². The maximum Gasteiger partial charge on any atom is 0.255 e. The number of nitrogens with one attached hydrogen (secondary N) is 2. The first-order valence-electron chi connectivity index (χ1n) is 13.3. The molecule has 0 unspecified atom stereocenters. The number of amides is 1. The van der Waals surface area contributed by atoms with Gasteiger partial charge >= 0.3 is 0 Å². The van der Waals surface area contributed by atoms with E-state index in [9.17, 15) is 4.79 Å². The van der Waals surface area contributed by atoms with Crippen LogP contribution < -0.4 is 10.6 Å². The Balaban J connectivity index is 0.00000370. The lowest BCUT2D eigenvalue weighted by molar-refractivity contribution is 0.102. The van der Waals surface area contributed by atoms with Crippen molar-refractivity contribution in [1.29, 1.82) is 0 Å². The third kappa shape index (κ3) is 7.18. The van der Waals surface area contributed by atoms with Crippen molar-refractivity contribution >= 4 is 35.6 Å². The van der Waals surface area contributed by atoms with Gasteiger partial charge in [-0.05, 0) is 67.4 Å². The number of benzene rings is 2. The molecule has 208 valence electrons. The van der Waals surface area contributed by atoms with Crippen LogP contribution in [-0.2, 0) is 13.0 Å². The lowest BCUT2D eigenvalue weighted by Crippen LogP contribution is -2.44. The van der Waals surface area contributed by atoms with Gasteiger partial charge in [-0.3, -0.25) is 9.69 Å². The molecule has 1 aliphatic heterocycles. The normalized spacial score (nSPS) is 13.9. The Hall–Kier alpha value is -3.92. The molecule has 0 aliphatic carbocycles. The van der Waals surface area contributed by atoms with E-state index in [1.807, 2.05) is 43.3 Å². The molecule has 1 fully saturated rings. The predicted octanol–water partition coefficient (Wildman–Crippen LogP) is 4.97. The second-order valence-electron chi connectivity index (χ2n) is 9.92. The van der Waals surface area contributed by atoms with Crippen LogP contribution in [0.5, 0.6) is 0 Å². The van der Waals surface area contributed by atoms with E-state index in [0.717, 1.165) is 61.7 Å². The fraction of sp³-hybridized carbons (Fsp3) is 0.300. The van der Waals surface area contributed by atoms with Crippen molar-refractivity contribution in [2.75, 3.05) is 43.9 Å². The SMILES string of the molecule is CCc1cc(C(=O)Nc2ccc(C)c(Nc3nccc(-c4cncnc4)n3)c2)ccc1CN1CCN(C)CC1.Cl. The number of halogens is 1. The summed E-state index contributed by atoms with van der Waals surface area (Å²) in [5.41, 5.74) is 7.21. The number of nitrogens with zero attached hydrogens (tertiary/aromatic N) is 6. The largest absolute Gasteiger partial charge is 0.324 e. The van der Waals surface area contributed by atoms with E-state index in [-0.39, 0.29) is 18.3 Å². The van der Waals surface area contributed by atoms with Gasteiger partial charge in [0.05, 0.1) is 5.69 Å². The summed E-state index contributed by atoms with van der Waals surface area (Å²) in [6.07, 6.45) is 7.49. The molecule has 5 rings (SSSR count). The maximum atomic E-state index is 13.2. The number of aryl methyl sites for hydroxylation is 2. The first kappa shape index (κ1) is 29.1. The Morgan fingerprint density at radius 3 is 2.50 bits per heavy atom. The third-order valence-corrected chi connectivity index (χ3v) is 7.09. The van der Waals surface area contributed by atoms with Gasteiger partial charge in [0.25, 0.3) is 5.91 Å². The van der Waals surface area contributed by atoms with Gasteiger partial charge < -0.3 is 15.5 Å². The molecule has 1 aliphatic rings. The number of hydrogen-bond acceptors (Lipinski definition) is 8. The van der Waals surface area contributed by atoms with Crippen LogP contribution in [0.3, 0.4) is 0 Å². The van der Waals surface area contributed by atoms with Crippen molar-refractivity contribution in [1.82, 2.24) is 29.7 Å². The summed E-state index contributed by atoms with van der Waals surface area (Å²) in [6.45, 7) is 9.39. The minimum atomic E-state index is -0.132. The lowest BCUT2D eigenvalue weighted by Gasteiger charge is -2.32. The summed E-state index contributed by atoms with van der Waals surface area (Å²) >= 11 is 0. The fourth-order valence-corrected chi connectivity index (χ4v) is 4.67. The molecule has 0 saturated carbocycles. The second-order valence-corrected chi connectivity index (χ2v) is 9.92. The highest BCUT2D eigenvalue weighted by molar-refractivity contribution is 6.04. The summed E-state index contributed by atoms with van der Waals surface area (Å²) in [6, 6.07) is 13.6. The molecular formula is C30H35ClN8O. The molecule has 1 amide bonds. The molecule has 10 heteroatoms. The summed E-state index contributed by atoms with van der Waals surface area (Å²) in [5, 5.41) is 6.33. The number of carbonyl (C=O) groups is 1. The Labute approximate surface area is 241 Å². The Kier molecular flexibility index (Phi) is 9.76. The van der Waals surface area contributed by atoms with Crippen LogP contribution in [0.15, 0.2) is 67.4 Å². The highest BCUT2D eigenvalue weighted by Crippen LogP contribution is 2.25. The van der Waals surface area contributed by atoms with Crippen molar-refractivity contribution in [3.63, 3.8) is 0 Å². The number of hydrogen-bond donors (Lipinski definition) is 2. The lowest BCUT2D eigenvalue weighted by atomic mass is 10.0. The van der Waals surface area contributed by atoms with Gasteiger partial charge in [-0.15, -0.1) is 12.4 Å². The number of likely N-dealkylation sites (N-methyl/N-ethyl adjacent to an activating group) is 1. The monoisotopic (exact) mass is 558 g/mol. The Morgan fingerprint density at radius 1 is 0.975 bits per heavy atom. The summed E-state index contributed by atoms with van der Waals surface area (Å²) in [7, 11) is 2.17. The maximum absolute atomic E-state index is 13.2. The molecule has 0 spiro atoms. The standard InChI is InChI=1S/C30H34N8O.ClH/c1-4-22-15-23(6-7-24(22)19-38-13-11-37(3)12-14-38)29(39)34-26-8-5-21(2)28(16-26)36-30-33-10-9-27(35-30)25-17-31-20-32-18-25;/h5-10,15-18,20H,4,11-14,19H2,1-3H3,(H,34,39)(H,33,35,36);1H. The third-order valence-electron chi connectivity index (χ3n) is 7.09. The van der Waals surface area contributed by atoms with Crippen molar-refractivity contribution in [3.8, 4) is 11.3 Å². The summed E-state index contributed by atoms with van der Waals surface area (Å²) < 4.78 is 0. The van der Waals surface area contributed by atoms with Crippen LogP contribution in [0.2, 0.25) is 0 Å². The van der Waals surface area contributed by atoms with E-state index in [1.54, 1.807) is 18.6 Å². The van der Waals surface area contributed by atoms with E-state index < -0.39 is 0 Å². The van der Waals surface area contributed by atoms with Gasteiger partial charge in [-0.25, -0.2) is 19.9 Å². The first-order chi connectivity index (χ1) is 19.0. The topological polar surface area (TPSA) is 99.2 Å². The summed E-state index contributed by atoms with van der Waals surface area (Å²) in [4.78, 5) is 35.1. The fourth-order valence-electron chi connectivity index (χ4n) is 4.67. The molecule has 0 bridgehead atoms. The highest BCUT2D eigenvalue weighted by Gasteiger charge is 2.16. The Morgan fingerprint density at radius 2 is 1.75 bits per heavy atom. The van der Waals surface area contributed by atoms with Crippen LogP contribution in [0.25, 0.3) is 11.3 Å². The van der Waals surface area contributed by atoms with E-state index in [4.69, 9.17) is 0 Å². The van der Waals surface area contributed by atoms with Crippen molar-refractivity contribution in [2.24, 2.45) is 0 Å². The molecule has 0 radical (unpaired) electrons. The zero-order chi connectivity index (χ0) is 27.2. The molecule has 2 aromatic heterocycles. The molecule has 2 aromatic carbocycles. The molecule has 0 atom stereocenters. The van der Waals surface area contributed by atoms with Crippen molar-refractivity contribution < 1.29 is 4.79 Å². The molecule has 2 N–H and O–H groups in total. The number of carbonyl (C=O) groups excluding carboxylic acids is 1. The number of anilines is 3. The number of aromatic nitrogens is 4. The van der Waals surface area contributed by atoms with Crippen LogP contribution in [0.4, 0.5) is 17.3 Å². The molecule has 40 heavy (non-hydrogen) atoms. The predicted molar refractivity (Wildman–Crippen MR) is 161 cm³/mol. The van der Waals surface area contributed by atoms with Crippen LogP contribution in [0.1, 0.15) is 34.0 Å². The highest BCUT2D eigenvalue weighted by atomic mass is 35.5. The molecule has 3 heterocycles. The number of piperazine rings is 1. The van der Waals surface area contributed by atoms with E-state index in [1.165, 1.54) is 17.5 Å². The zero-order valence-electron chi connectivity index (χ0n) is 23.1. The van der Waals surface area contributed by atoms with Gasteiger partial charge in [-0.2, -0.15) is 0 Å². The average molecular weight is 559 g/mol. The van der Waals surface area contributed by atoms with Crippen LogP contribution >= 0.6 is 12.4 Å². The van der Waals surface area contributed by atoms with Gasteiger partial charge in [0, 0.05) is 73.8 Å². The molecule has 1 saturated heterocycles. The van der Waals surface area contributed by atoms with Gasteiger partial charge in [0.15, 0.2) is 0 Å². The van der Waals surface area contributed by atoms with Crippen molar-refractivity contribution in [2.45, 2.75) is 26.8 Å². The molecule has 4 aromatic rings. The van der Waals surface area contributed by atoms with Crippen molar-refractivity contribution in [3.05, 3.63) is 89.6 Å². The minimum Gasteiger partial charge on any atom is -0.324 e. The van der Waals surface area contributed by atoms with Crippen LogP contribution in [0, 0.1) is 6.92 Å². The summed E-state index contributed by atoms with van der Waals surface area (Å²) in [5.74, 6) is 0.319. The first-order valence-corrected chi connectivity index (χ1v) is 13.3. The van der Waals surface area contributed by atoms with Gasteiger partial charge in [0.2, 0.25) is 5.95 Å². The molecule has 9 nitrogen and oxygen atoms in total. The Bertz CT molecular complexity index is 1440. The van der Waals surface area contributed by atoms with Gasteiger partial charge in [0.1, 0.15) is 6.33 Å². The molecular weight excluding hydrogens is 524 g/mol. The number of rotatable bonds is 8. The minimum absolute atomic E-state index is 0. The van der Waals surface area contributed by atoms with E-state index >= 15 is 0 Å². The van der Waals surface area contributed by atoms with Gasteiger partial charge in [-0.1, -0.05) is 19.1 Å². The quantitative estimate of drug-likeness (QED) is 0.313. The average Bonchev–Trinajstić information content (AvgIpc) is 2.97. The second kappa shape index (κ2) is 13.4. The van der Waals surface area contributed by atoms with Crippen LogP contribution in [-0.4, -0.2) is 68.9 Å². The smallest absolute Gasteiger partial charge is 0.255 e. The zero-order valence-corrected chi connectivity index (χ0v) is 23.9.